The SMILES string of the molecule is CCOc1c[c]([Mg][Br])ccc1F. The van der Waals surface area contributed by atoms with Crippen molar-refractivity contribution in [2.45, 2.75) is 6.92 Å². The second kappa shape index (κ2) is 5.04. The number of ether oxygens (including phenoxy) is 1. The quantitative estimate of drug-likeness (QED) is 0.736. The smallest absolute Gasteiger partial charge is 0.491 e. The molecule has 62 valence electrons. The molecule has 0 spiro atoms. The van der Waals surface area contributed by atoms with E-state index in [1.165, 1.54) is 6.07 Å². The van der Waals surface area contributed by atoms with Gasteiger partial charge in [-0.15, -0.1) is 3.69 Å². The van der Waals surface area contributed by atoms with Crippen LogP contribution in [0.2, 0.25) is 0 Å². The number of rotatable bonds is 3. The highest BCUT2D eigenvalue weighted by Gasteiger charge is 2.03. The van der Waals surface area contributed by atoms with Gasteiger partial charge >= 0.3 is 18.2 Å². The van der Waals surface area contributed by atoms with E-state index in [2.05, 4.69) is 12.9 Å². The maximum absolute atomic E-state index is 13.0. The minimum absolute atomic E-state index is 0.282. The van der Waals surface area contributed by atoms with Crippen molar-refractivity contribution in [1.29, 1.82) is 0 Å². The zero-order chi connectivity index (χ0) is 8.97. The molecule has 0 aromatic heterocycles. The average Bonchev–Trinajstić information content (AvgIpc) is 2.09. The van der Waals surface area contributed by atoms with Gasteiger partial charge in [0.25, 0.3) is 0 Å². The molecular weight excluding hydrogens is 235 g/mol. The predicted octanol–water partition coefficient (Wildman–Crippen LogP) is 1.86. The van der Waals surface area contributed by atoms with Crippen LogP contribution in [0.3, 0.4) is 0 Å². The van der Waals surface area contributed by atoms with Crippen molar-refractivity contribution < 1.29 is 9.13 Å². The number of halogens is 2. The number of benzene rings is 1. The van der Waals surface area contributed by atoms with Crippen LogP contribution in [0.5, 0.6) is 5.75 Å². The van der Waals surface area contributed by atoms with Gasteiger partial charge in [-0.3, -0.25) is 12.9 Å². The van der Waals surface area contributed by atoms with Gasteiger partial charge in [-0.1, -0.05) is 6.07 Å². The van der Waals surface area contributed by atoms with E-state index >= 15 is 0 Å². The highest BCUT2D eigenvalue weighted by atomic mass is 79.9. The maximum Gasteiger partial charge on any atom is 0.506 e. The number of hydrogen-bond donors (Lipinski definition) is 0. The molecule has 1 nitrogen and oxygen atoms in total. The van der Waals surface area contributed by atoms with E-state index in [9.17, 15) is 4.39 Å². The summed E-state index contributed by atoms with van der Waals surface area (Å²) in [6, 6.07) is 5.01. The van der Waals surface area contributed by atoms with Crippen LogP contribution >= 0.6 is 12.9 Å². The molecule has 0 fully saturated rings. The first-order valence-corrected chi connectivity index (χ1v) is 8.35. The van der Waals surface area contributed by atoms with E-state index in [1.54, 1.807) is 12.1 Å². The molecule has 0 saturated carbocycles. The molecule has 0 aliphatic heterocycles. The molecule has 0 aliphatic rings. The zero-order valence-corrected chi connectivity index (χ0v) is 9.81. The summed E-state index contributed by atoms with van der Waals surface area (Å²) >= 11 is 3.03. The van der Waals surface area contributed by atoms with Gasteiger partial charge in [0.05, 0.1) is 6.61 Å². The zero-order valence-electron chi connectivity index (χ0n) is 6.81. The number of hydrogen-bond acceptors (Lipinski definition) is 1. The fourth-order valence-electron chi connectivity index (χ4n) is 0.897. The molecular formula is C8H8BrFMgO. The first kappa shape index (κ1) is 10.3. The van der Waals surface area contributed by atoms with Gasteiger partial charge in [0, 0.05) is 0 Å². The van der Waals surface area contributed by atoms with Crippen LogP contribution in [0.15, 0.2) is 18.2 Å². The third kappa shape index (κ3) is 2.60. The summed E-state index contributed by atoms with van der Waals surface area (Å²) in [7, 11) is 0. The van der Waals surface area contributed by atoms with Crippen molar-refractivity contribution in [2.24, 2.45) is 0 Å². The third-order valence-electron chi connectivity index (χ3n) is 1.45. The molecule has 0 aliphatic carbocycles. The molecule has 1 aromatic rings. The summed E-state index contributed by atoms with van der Waals surface area (Å²) < 4.78 is 19.2. The van der Waals surface area contributed by atoms with Gasteiger partial charge in [-0.05, 0) is 19.1 Å². The Labute approximate surface area is 86.9 Å². The average molecular weight is 243 g/mol. The molecule has 0 saturated heterocycles. The van der Waals surface area contributed by atoms with Crippen LogP contribution in [-0.2, 0) is 0 Å². The van der Waals surface area contributed by atoms with Gasteiger partial charge in [0.15, 0.2) is 11.6 Å². The molecule has 0 atom stereocenters. The predicted molar refractivity (Wildman–Crippen MR) is 51.9 cm³/mol. The van der Waals surface area contributed by atoms with Crippen molar-refractivity contribution in [1.82, 2.24) is 0 Å². The summed E-state index contributed by atoms with van der Waals surface area (Å²) in [5.74, 6) is 0.0810. The van der Waals surface area contributed by atoms with Crippen LogP contribution in [0.25, 0.3) is 0 Å². The summed E-state index contributed by atoms with van der Waals surface area (Å²) in [4.78, 5) is 0. The van der Waals surface area contributed by atoms with E-state index in [0.29, 0.717) is 12.4 Å². The fraction of sp³-hybridized carbons (Fsp3) is 0.250. The Morgan fingerprint density at radius 1 is 1.58 bits per heavy atom. The van der Waals surface area contributed by atoms with Crippen molar-refractivity contribution in [2.75, 3.05) is 6.61 Å². The third-order valence-corrected chi connectivity index (χ3v) is 4.14. The lowest BCUT2D eigenvalue weighted by molar-refractivity contribution is 0.322. The molecule has 0 unspecified atom stereocenters. The Morgan fingerprint density at radius 2 is 2.33 bits per heavy atom. The van der Waals surface area contributed by atoms with Crippen molar-refractivity contribution in [3.05, 3.63) is 24.0 Å². The van der Waals surface area contributed by atoms with Crippen LogP contribution in [0.1, 0.15) is 6.92 Å². The molecule has 0 heterocycles. The van der Waals surface area contributed by atoms with Crippen LogP contribution < -0.4 is 8.43 Å². The molecule has 0 radical (unpaired) electrons. The first-order chi connectivity index (χ1) is 5.77. The van der Waals surface area contributed by atoms with Gasteiger partial charge in [-0.25, -0.2) is 4.39 Å². The topological polar surface area (TPSA) is 9.23 Å². The Hall–Kier alpha value is 0.196. The van der Waals surface area contributed by atoms with Crippen LogP contribution in [-0.4, -0.2) is 24.8 Å². The van der Waals surface area contributed by atoms with Crippen molar-refractivity contribution in [3.63, 3.8) is 0 Å². The minimum atomic E-state index is -0.397. The molecule has 4 heteroatoms. The first-order valence-electron chi connectivity index (χ1n) is 3.75. The second-order valence-corrected chi connectivity index (χ2v) is 5.10. The molecule has 12 heavy (non-hydrogen) atoms. The van der Waals surface area contributed by atoms with Gasteiger partial charge < -0.3 is 4.74 Å². The van der Waals surface area contributed by atoms with E-state index in [0.717, 1.165) is 3.69 Å². The molecule has 0 N–H and O–H groups in total. The van der Waals surface area contributed by atoms with Crippen LogP contribution in [0.4, 0.5) is 4.39 Å². The highest BCUT2D eigenvalue weighted by molar-refractivity contribution is 9.23. The Balaban J connectivity index is 2.91. The molecule has 0 bridgehead atoms. The largest absolute Gasteiger partial charge is 0.506 e. The summed E-state index contributed by atoms with van der Waals surface area (Å²) in [5.41, 5.74) is 0. The van der Waals surface area contributed by atoms with Crippen LogP contribution in [0, 0.1) is 5.82 Å². The van der Waals surface area contributed by atoms with E-state index in [1.807, 2.05) is 6.92 Å². The molecule has 0 amide bonds. The summed E-state index contributed by atoms with van der Waals surface area (Å²) in [5, 5.41) is 0. The molecule has 1 aromatic carbocycles. The Bertz CT molecular complexity index is 267. The lowest BCUT2D eigenvalue weighted by Gasteiger charge is -2.05. The fourth-order valence-corrected chi connectivity index (χ4v) is 2.41. The van der Waals surface area contributed by atoms with Crippen molar-refractivity contribution in [3.8, 4) is 5.75 Å². The van der Waals surface area contributed by atoms with Gasteiger partial charge in [0.1, 0.15) is 0 Å². The Morgan fingerprint density at radius 3 is 2.92 bits per heavy atom. The maximum atomic E-state index is 13.0. The van der Waals surface area contributed by atoms with Gasteiger partial charge in [-0.2, -0.15) is 0 Å². The summed E-state index contributed by atoms with van der Waals surface area (Å²) in [6.07, 6.45) is 0. The lowest BCUT2D eigenvalue weighted by Crippen LogP contribution is -2.09. The van der Waals surface area contributed by atoms with E-state index in [-0.39, 0.29) is 5.82 Å². The normalized spacial score (nSPS) is 9.25. The second-order valence-electron chi connectivity index (χ2n) is 2.33. The lowest BCUT2D eigenvalue weighted by atomic mass is 10.3. The van der Waals surface area contributed by atoms with E-state index < -0.39 is 18.2 Å². The summed E-state index contributed by atoms with van der Waals surface area (Å²) in [6.45, 7) is 2.35. The van der Waals surface area contributed by atoms with E-state index in [4.69, 9.17) is 4.74 Å². The van der Waals surface area contributed by atoms with Gasteiger partial charge in [0.2, 0.25) is 0 Å². The standard InChI is InChI=1S/C8H8FO.BrH.Mg/c1-2-10-8-6-4-3-5-7(8)9;;/h3,5-6H,2H2,1H3;1H;/q;;+1/p-1. The Kier molecular flexibility index (Phi) is 4.32. The van der Waals surface area contributed by atoms with Crippen molar-refractivity contribution >= 4 is 34.8 Å². The monoisotopic (exact) mass is 242 g/mol. The minimum Gasteiger partial charge on any atom is -0.491 e. The molecule has 1 rings (SSSR count). The highest BCUT2D eigenvalue weighted by Crippen LogP contribution is 2.13.